The van der Waals surface area contributed by atoms with Gasteiger partial charge in [-0.1, -0.05) is 51.9 Å². The molecule has 1 aliphatic heterocycles. The summed E-state index contributed by atoms with van der Waals surface area (Å²) in [6.45, 7) is 1.27. The Morgan fingerprint density at radius 2 is 1.50 bits per heavy atom. The SMILES string of the molecule is CC[C@@H](O)[C@@H](O)[C@H](CO[C@H]1OC(CO)[C@H](O)C(O)C1O)NC(=O)CCCCCCCCCCCNC(=O)c1ccc(F)cc1. The monoisotopic (exact) mass is 630 g/mol. The van der Waals surface area contributed by atoms with Gasteiger partial charge in [0.15, 0.2) is 6.29 Å². The Morgan fingerprint density at radius 3 is 2.09 bits per heavy atom. The van der Waals surface area contributed by atoms with Gasteiger partial charge in [-0.3, -0.25) is 9.59 Å². The number of hydrogen-bond acceptors (Lipinski definition) is 10. The summed E-state index contributed by atoms with van der Waals surface area (Å²) >= 11 is 0. The molecule has 0 bridgehead atoms. The molecular weight excluding hydrogens is 579 g/mol. The van der Waals surface area contributed by atoms with Crippen LogP contribution in [-0.2, 0) is 14.3 Å². The minimum Gasteiger partial charge on any atom is -0.394 e. The summed E-state index contributed by atoms with van der Waals surface area (Å²) in [7, 11) is 0. The summed E-state index contributed by atoms with van der Waals surface area (Å²) in [4.78, 5) is 24.6. The van der Waals surface area contributed by atoms with Gasteiger partial charge in [0.05, 0.1) is 25.4 Å². The quantitative estimate of drug-likeness (QED) is 0.0903. The number of unbranched alkanes of at least 4 members (excludes halogenated alkanes) is 8. The fraction of sp³-hybridized carbons (Fsp3) is 0.742. The molecule has 2 rings (SSSR count). The molecule has 0 aromatic heterocycles. The number of halogens is 1. The van der Waals surface area contributed by atoms with Gasteiger partial charge in [0.2, 0.25) is 5.91 Å². The number of benzene rings is 1. The molecule has 13 heteroatoms. The fourth-order valence-electron chi connectivity index (χ4n) is 4.97. The summed E-state index contributed by atoms with van der Waals surface area (Å²) < 4.78 is 23.8. The Kier molecular flexibility index (Phi) is 17.9. The van der Waals surface area contributed by atoms with Gasteiger partial charge < -0.3 is 50.7 Å². The van der Waals surface area contributed by atoms with E-state index in [9.17, 15) is 44.6 Å². The van der Waals surface area contributed by atoms with Crippen LogP contribution < -0.4 is 10.6 Å². The predicted octanol–water partition coefficient (Wildman–Crippen LogP) is 0.890. The van der Waals surface area contributed by atoms with Crippen LogP contribution in [0.5, 0.6) is 0 Å². The molecular formula is C31H51FN2O10. The number of nitrogens with one attached hydrogen (secondary N) is 2. The van der Waals surface area contributed by atoms with Crippen LogP contribution in [0, 0.1) is 5.82 Å². The van der Waals surface area contributed by atoms with Gasteiger partial charge in [-0.2, -0.15) is 0 Å². The molecule has 8 atom stereocenters. The van der Waals surface area contributed by atoms with Crippen molar-refractivity contribution in [1.82, 2.24) is 10.6 Å². The highest BCUT2D eigenvalue weighted by Crippen LogP contribution is 2.22. The van der Waals surface area contributed by atoms with E-state index in [0.717, 1.165) is 51.4 Å². The first-order valence-corrected chi connectivity index (χ1v) is 15.7. The summed E-state index contributed by atoms with van der Waals surface area (Å²) in [5.74, 6) is -0.909. The number of carbonyl (C=O) groups excluding carboxylic acids is 2. The molecule has 1 aliphatic rings. The van der Waals surface area contributed by atoms with Gasteiger partial charge >= 0.3 is 0 Å². The molecule has 12 nitrogen and oxygen atoms in total. The maximum absolute atomic E-state index is 12.9. The number of aliphatic hydroxyl groups excluding tert-OH is 6. The van der Waals surface area contributed by atoms with Crippen LogP contribution in [0.25, 0.3) is 0 Å². The van der Waals surface area contributed by atoms with Crippen LogP contribution in [0.2, 0.25) is 0 Å². The van der Waals surface area contributed by atoms with Crippen molar-refractivity contribution < 1.29 is 54.1 Å². The zero-order valence-corrected chi connectivity index (χ0v) is 25.5. The van der Waals surface area contributed by atoms with E-state index in [1.54, 1.807) is 6.92 Å². The van der Waals surface area contributed by atoms with Crippen molar-refractivity contribution in [2.24, 2.45) is 0 Å². The van der Waals surface area contributed by atoms with Crippen molar-refractivity contribution in [2.75, 3.05) is 19.8 Å². The summed E-state index contributed by atoms with van der Waals surface area (Å²) in [5.41, 5.74) is 0.442. The Balaban J connectivity index is 1.59. The molecule has 3 unspecified atom stereocenters. The molecule has 0 radical (unpaired) electrons. The normalized spacial score (nSPS) is 24.0. The van der Waals surface area contributed by atoms with E-state index in [1.807, 2.05) is 0 Å². The zero-order valence-electron chi connectivity index (χ0n) is 25.5. The molecule has 44 heavy (non-hydrogen) atoms. The van der Waals surface area contributed by atoms with Gasteiger partial charge in [0.25, 0.3) is 5.91 Å². The second kappa shape index (κ2) is 20.7. The van der Waals surface area contributed by atoms with Crippen molar-refractivity contribution in [1.29, 1.82) is 0 Å². The Bertz CT molecular complexity index is 954. The lowest BCUT2D eigenvalue weighted by molar-refractivity contribution is -0.303. The van der Waals surface area contributed by atoms with Crippen LogP contribution >= 0.6 is 0 Å². The first-order chi connectivity index (χ1) is 21.1. The molecule has 0 spiro atoms. The van der Waals surface area contributed by atoms with Crippen molar-refractivity contribution in [2.45, 2.75) is 127 Å². The lowest BCUT2D eigenvalue weighted by atomic mass is 9.99. The van der Waals surface area contributed by atoms with Crippen molar-refractivity contribution in [3.8, 4) is 0 Å². The molecule has 1 aromatic carbocycles. The number of rotatable bonds is 21. The molecule has 1 fully saturated rings. The average Bonchev–Trinajstić information content (AvgIpc) is 3.02. The smallest absolute Gasteiger partial charge is 0.251 e. The molecule has 0 saturated carbocycles. The van der Waals surface area contributed by atoms with Crippen molar-refractivity contribution >= 4 is 11.8 Å². The fourth-order valence-corrected chi connectivity index (χ4v) is 4.97. The number of carbonyl (C=O) groups is 2. The third-order valence-corrected chi connectivity index (χ3v) is 7.83. The average molecular weight is 631 g/mol. The Morgan fingerprint density at radius 1 is 0.909 bits per heavy atom. The summed E-state index contributed by atoms with van der Waals surface area (Å²) in [6, 6.07) is 4.43. The van der Waals surface area contributed by atoms with Crippen LogP contribution in [0.4, 0.5) is 4.39 Å². The maximum Gasteiger partial charge on any atom is 0.251 e. The number of aliphatic hydroxyl groups is 6. The molecule has 2 amide bonds. The van der Waals surface area contributed by atoms with E-state index in [-0.39, 0.29) is 37.1 Å². The Labute approximate surface area is 258 Å². The molecule has 1 saturated heterocycles. The third kappa shape index (κ3) is 13.0. The number of hydrogen-bond donors (Lipinski definition) is 8. The Hall–Kier alpha value is -2.23. The zero-order chi connectivity index (χ0) is 32.5. The van der Waals surface area contributed by atoms with Gasteiger partial charge in [-0.25, -0.2) is 4.39 Å². The molecule has 0 aliphatic carbocycles. The van der Waals surface area contributed by atoms with E-state index in [4.69, 9.17) is 9.47 Å². The largest absolute Gasteiger partial charge is 0.394 e. The van der Waals surface area contributed by atoms with Crippen molar-refractivity contribution in [3.05, 3.63) is 35.6 Å². The second-order valence-electron chi connectivity index (χ2n) is 11.4. The van der Waals surface area contributed by atoms with Gasteiger partial charge in [0.1, 0.15) is 36.3 Å². The second-order valence-corrected chi connectivity index (χ2v) is 11.4. The first kappa shape index (κ1) is 38.0. The standard InChI is InChI=1S/C31H51FN2O10/c1-2-23(36)26(38)22(19-43-31-29(41)28(40)27(39)24(18-35)44-31)34-25(37)12-10-8-6-4-3-5-7-9-11-17-33-30(42)20-13-15-21(32)16-14-20/h13-16,22-24,26-29,31,35-36,38-41H,2-12,17-19H2,1H3,(H,33,42)(H,34,37)/t22-,23+,24?,26-,27-,28?,29?,31-/m0/s1. The van der Waals surface area contributed by atoms with E-state index >= 15 is 0 Å². The van der Waals surface area contributed by atoms with Crippen LogP contribution in [0.15, 0.2) is 24.3 Å². The van der Waals surface area contributed by atoms with Crippen LogP contribution in [0.1, 0.15) is 87.9 Å². The summed E-state index contributed by atoms with van der Waals surface area (Å²) in [5, 5.41) is 65.6. The van der Waals surface area contributed by atoms with Crippen LogP contribution in [0.3, 0.4) is 0 Å². The first-order valence-electron chi connectivity index (χ1n) is 15.7. The molecule has 1 heterocycles. The lowest BCUT2D eigenvalue weighted by Gasteiger charge is -2.40. The highest BCUT2D eigenvalue weighted by Gasteiger charge is 2.44. The molecule has 252 valence electrons. The van der Waals surface area contributed by atoms with Gasteiger partial charge in [-0.15, -0.1) is 0 Å². The van der Waals surface area contributed by atoms with E-state index in [1.165, 1.54) is 24.3 Å². The number of amides is 2. The van der Waals surface area contributed by atoms with E-state index in [2.05, 4.69) is 10.6 Å². The third-order valence-electron chi connectivity index (χ3n) is 7.83. The minimum atomic E-state index is -1.63. The maximum atomic E-state index is 12.9. The highest BCUT2D eigenvalue weighted by atomic mass is 19.1. The molecule has 8 N–H and O–H groups in total. The summed E-state index contributed by atoms with van der Waals surface area (Å²) in [6.07, 6.45) is -0.821. The predicted molar refractivity (Wildman–Crippen MR) is 159 cm³/mol. The highest BCUT2D eigenvalue weighted by molar-refractivity contribution is 5.94. The van der Waals surface area contributed by atoms with Gasteiger partial charge in [-0.05, 0) is 43.5 Å². The van der Waals surface area contributed by atoms with Crippen molar-refractivity contribution in [3.63, 3.8) is 0 Å². The van der Waals surface area contributed by atoms with E-state index < -0.39 is 55.6 Å². The topological polar surface area (TPSA) is 198 Å². The van der Waals surface area contributed by atoms with Crippen LogP contribution in [-0.4, -0.2) is 111 Å². The minimum absolute atomic E-state index is 0.203. The number of ether oxygens (including phenoxy) is 2. The molecule has 1 aromatic rings. The van der Waals surface area contributed by atoms with E-state index in [0.29, 0.717) is 18.5 Å². The van der Waals surface area contributed by atoms with Gasteiger partial charge in [0, 0.05) is 18.5 Å². The lowest BCUT2D eigenvalue weighted by Crippen LogP contribution is -2.60.